The molecular formula is C21H26N4O3. The van der Waals surface area contributed by atoms with Crippen LogP contribution in [0.4, 0.5) is 0 Å². The zero-order valence-electron chi connectivity index (χ0n) is 16.2. The number of pyridine rings is 1. The van der Waals surface area contributed by atoms with E-state index in [1.54, 1.807) is 25.3 Å². The number of carbonyl (C=O) groups excluding carboxylic acids is 1. The minimum atomic E-state index is -0.706. The lowest BCUT2D eigenvalue weighted by molar-refractivity contribution is -0.143. The Morgan fingerprint density at radius 1 is 1.21 bits per heavy atom. The summed E-state index contributed by atoms with van der Waals surface area (Å²) in [4.78, 5) is 24.0. The van der Waals surface area contributed by atoms with Crippen LogP contribution in [0.15, 0.2) is 53.8 Å². The Bertz CT molecular complexity index is 817. The summed E-state index contributed by atoms with van der Waals surface area (Å²) in [5.41, 5.74) is 6.57. The van der Waals surface area contributed by atoms with Crippen molar-refractivity contribution < 1.29 is 14.4 Å². The minimum absolute atomic E-state index is 0.0737. The van der Waals surface area contributed by atoms with Gasteiger partial charge in [-0.1, -0.05) is 30.3 Å². The molecule has 1 fully saturated rings. The van der Waals surface area contributed by atoms with E-state index in [0.29, 0.717) is 23.1 Å². The van der Waals surface area contributed by atoms with Crippen molar-refractivity contribution in [1.29, 1.82) is 0 Å². The van der Waals surface area contributed by atoms with E-state index in [9.17, 15) is 4.79 Å². The number of likely N-dealkylation sites (tertiary alicyclic amines) is 1. The van der Waals surface area contributed by atoms with Crippen molar-refractivity contribution in [2.45, 2.75) is 32.8 Å². The highest BCUT2D eigenvalue weighted by Gasteiger charge is 2.25. The molecule has 0 aliphatic carbocycles. The second-order valence-electron chi connectivity index (χ2n) is 7.00. The van der Waals surface area contributed by atoms with Crippen molar-refractivity contribution in [3.8, 4) is 11.6 Å². The number of piperidine rings is 1. The number of carbonyl (C=O) groups is 1. The van der Waals surface area contributed by atoms with Gasteiger partial charge in [0.05, 0.1) is 5.56 Å². The summed E-state index contributed by atoms with van der Waals surface area (Å²) in [6.45, 7) is 5.40. The summed E-state index contributed by atoms with van der Waals surface area (Å²) in [5, 5.41) is 3.95. The Hall–Kier alpha value is -3.09. The van der Waals surface area contributed by atoms with Gasteiger partial charge < -0.3 is 20.2 Å². The number of nitrogens with two attached hydrogens (primary N) is 1. The van der Waals surface area contributed by atoms with Crippen LogP contribution in [-0.2, 0) is 9.63 Å². The third kappa shape index (κ3) is 5.00. The van der Waals surface area contributed by atoms with Gasteiger partial charge in [0.15, 0.2) is 5.84 Å². The van der Waals surface area contributed by atoms with Crippen molar-refractivity contribution in [3.05, 3.63) is 54.2 Å². The van der Waals surface area contributed by atoms with E-state index in [1.807, 2.05) is 35.2 Å². The molecule has 0 spiro atoms. The molecule has 1 unspecified atom stereocenters. The molecule has 7 heteroatoms. The third-order valence-electron chi connectivity index (χ3n) is 4.76. The SMILES string of the molecule is CC1CCN(C(=O)C(C)ON=C(N)c2cccnc2Oc2ccccc2)CC1. The third-order valence-corrected chi connectivity index (χ3v) is 4.76. The van der Waals surface area contributed by atoms with Crippen molar-refractivity contribution in [3.63, 3.8) is 0 Å². The molecule has 2 heterocycles. The fourth-order valence-corrected chi connectivity index (χ4v) is 2.98. The number of ether oxygens (including phenoxy) is 1. The maximum atomic E-state index is 12.5. The smallest absolute Gasteiger partial charge is 0.266 e. The summed E-state index contributed by atoms with van der Waals surface area (Å²) < 4.78 is 5.79. The summed E-state index contributed by atoms with van der Waals surface area (Å²) in [7, 11) is 0. The number of aromatic nitrogens is 1. The second-order valence-corrected chi connectivity index (χ2v) is 7.00. The quantitative estimate of drug-likeness (QED) is 0.471. The van der Waals surface area contributed by atoms with Crippen molar-refractivity contribution in [1.82, 2.24) is 9.88 Å². The molecule has 0 saturated carbocycles. The number of benzene rings is 1. The number of amides is 1. The molecule has 1 amide bonds. The number of para-hydroxylation sites is 1. The van der Waals surface area contributed by atoms with Crippen LogP contribution in [-0.4, -0.2) is 40.8 Å². The van der Waals surface area contributed by atoms with E-state index in [1.165, 1.54) is 0 Å². The maximum absolute atomic E-state index is 12.5. The topological polar surface area (TPSA) is 90.0 Å². The fraction of sp³-hybridized carbons (Fsp3) is 0.381. The van der Waals surface area contributed by atoms with Crippen LogP contribution in [0.25, 0.3) is 0 Å². The van der Waals surface area contributed by atoms with Crippen LogP contribution < -0.4 is 10.5 Å². The number of rotatable bonds is 6. The Morgan fingerprint density at radius 2 is 1.93 bits per heavy atom. The molecule has 1 aliphatic heterocycles. The van der Waals surface area contributed by atoms with Gasteiger partial charge in [-0.3, -0.25) is 4.79 Å². The van der Waals surface area contributed by atoms with E-state index in [-0.39, 0.29) is 11.7 Å². The molecule has 2 N–H and O–H groups in total. The average molecular weight is 382 g/mol. The first-order chi connectivity index (χ1) is 13.5. The van der Waals surface area contributed by atoms with Gasteiger partial charge >= 0.3 is 0 Å². The Balaban J connectivity index is 1.65. The molecule has 1 aromatic carbocycles. The van der Waals surface area contributed by atoms with Crippen LogP contribution in [0, 0.1) is 5.92 Å². The number of nitrogens with zero attached hydrogens (tertiary/aromatic N) is 3. The van der Waals surface area contributed by atoms with E-state index in [4.69, 9.17) is 15.3 Å². The molecule has 2 aromatic rings. The monoisotopic (exact) mass is 382 g/mol. The molecular weight excluding hydrogens is 356 g/mol. The fourth-order valence-electron chi connectivity index (χ4n) is 2.98. The highest BCUT2D eigenvalue weighted by atomic mass is 16.6. The first kappa shape index (κ1) is 19.7. The van der Waals surface area contributed by atoms with Crippen LogP contribution in [0.3, 0.4) is 0 Å². The van der Waals surface area contributed by atoms with Gasteiger partial charge in [-0.15, -0.1) is 0 Å². The largest absolute Gasteiger partial charge is 0.438 e. The summed E-state index contributed by atoms with van der Waals surface area (Å²) in [6, 6.07) is 12.8. The first-order valence-electron chi connectivity index (χ1n) is 9.51. The number of hydrogen-bond donors (Lipinski definition) is 1. The maximum Gasteiger partial charge on any atom is 0.266 e. The van der Waals surface area contributed by atoms with E-state index in [0.717, 1.165) is 25.9 Å². The molecule has 1 aromatic heterocycles. The number of amidine groups is 1. The highest BCUT2D eigenvalue weighted by Crippen LogP contribution is 2.22. The van der Waals surface area contributed by atoms with Gasteiger partial charge in [-0.2, -0.15) is 0 Å². The van der Waals surface area contributed by atoms with Crippen LogP contribution in [0.5, 0.6) is 11.6 Å². The Morgan fingerprint density at radius 3 is 2.64 bits per heavy atom. The number of oxime groups is 1. The summed E-state index contributed by atoms with van der Waals surface area (Å²) in [5.74, 6) is 1.64. The van der Waals surface area contributed by atoms with E-state index < -0.39 is 6.10 Å². The van der Waals surface area contributed by atoms with Crippen molar-refractivity contribution >= 4 is 11.7 Å². The molecule has 1 aliphatic rings. The molecule has 7 nitrogen and oxygen atoms in total. The average Bonchev–Trinajstić information content (AvgIpc) is 2.73. The van der Waals surface area contributed by atoms with Gasteiger partial charge in [0.25, 0.3) is 5.91 Å². The first-order valence-corrected chi connectivity index (χ1v) is 9.51. The Kier molecular flexibility index (Phi) is 6.47. The van der Waals surface area contributed by atoms with Gasteiger partial charge in [0.2, 0.25) is 12.0 Å². The van der Waals surface area contributed by atoms with Crippen molar-refractivity contribution in [2.24, 2.45) is 16.8 Å². The van der Waals surface area contributed by atoms with Crippen LogP contribution >= 0.6 is 0 Å². The summed E-state index contributed by atoms with van der Waals surface area (Å²) >= 11 is 0. The van der Waals surface area contributed by atoms with Gasteiger partial charge in [-0.25, -0.2) is 4.98 Å². The van der Waals surface area contributed by atoms with Gasteiger partial charge in [0.1, 0.15) is 5.75 Å². The summed E-state index contributed by atoms with van der Waals surface area (Å²) in [6.07, 6.45) is 2.93. The Labute approximate surface area is 165 Å². The van der Waals surface area contributed by atoms with Crippen LogP contribution in [0.2, 0.25) is 0 Å². The van der Waals surface area contributed by atoms with Crippen molar-refractivity contribution in [2.75, 3.05) is 13.1 Å². The van der Waals surface area contributed by atoms with E-state index >= 15 is 0 Å². The normalized spacial score (nSPS) is 16.5. The second kappa shape index (κ2) is 9.21. The lowest BCUT2D eigenvalue weighted by atomic mass is 9.99. The molecule has 1 saturated heterocycles. The predicted molar refractivity (Wildman–Crippen MR) is 107 cm³/mol. The predicted octanol–water partition coefficient (Wildman–Crippen LogP) is 3.16. The standard InChI is InChI=1S/C21H26N4O3/c1-15-10-13-25(14-11-15)21(26)16(2)28-24-19(22)18-9-6-12-23-20(18)27-17-7-4-3-5-8-17/h3-9,12,15-16H,10-11,13-14H2,1-2H3,(H2,22,24). The molecule has 0 bridgehead atoms. The van der Waals surface area contributed by atoms with Crippen LogP contribution in [0.1, 0.15) is 32.3 Å². The molecule has 1 atom stereocenters. The van der Waals surface area contributed by atoms with E-state index in [2.05, 4.69) is 17.1 Å². The lowest BCUT2D eigenvalue weighted by Gasteiger charge is -2.31. The molecule has 148 valence electrons. The lowest BCUT2D eigenvalue weighted by Crippen LogP contribution is -2.43. The van der Waals surface area contributed by atoms with Gasteiger partial charge in [0, 0.05) is 19.3 Å². The minimum Gasteiger partial charge on any atom is -0.438 e. The zero-order chi connectivity index (χ0) is 19.9. The highest BCUT2D eigenvalue weighted by molar-refractivity contribution is 5.99. The van der Waals surface area contributed by atoms with Gasteiger partial charge in [-0.05, 0) is 49.9 Å². The molecule has 28 heavy (non-hydrogen) atoms. The zero-order valence-corrected chi connectivity index (χ0v) is 16.2. The molecule has 3 rings (SSSR count). The molecule has 0 radical (unpaired) electrons. The number of hydrogen-bond acceptors (Lipinski definition) is 5.